The number of pyridine rings is 1. The number of ether oxygens (including phenoxy) is 1. The van der Waals surface area contributed by atoms with Gasteiger partial charge in [0.25, 0.3) is 0 Å². The molecular formula is C24H32N4O. The second-order valence-electron chi connectivity index (χ2n) is 8.74. The molecule has 0 radical (unpaired) electrons. The largest absolute Gasteiger partial charge is 0.378 e. The fourth-order valence-corrected chi connectivity index (χ4v) is 5.35. The number of nitrogens with zero attached hydrogens (tertiary/aromatic N) is 2. The van der Waals surface area contributed by atoms with Crippen LogP contribution in [-0.4, -0.2) is 49.3 Å². The van der Waals surface area contributed by atoms with Gasteiger partial charge in [0, 0.05) is 31.9 Å². The Morgan fingerprint density at radius 3 is 3.00 bits per heavy atom. The number of nitrogens with one attached hydrogen (secondary N) is 2. The Labute approximate surface area is 173 Å². The Hall–Kier alpha value is -1.79. The molecule has 1 aromatic carbocycles. The molecule has 1 aliphatic carbocycles. The minimum Gasteiger partial charge on any atom is -0.378 e. The van der Waals surface area contributed by atoms with Crippen molar-refractivity contribution in [2.45, 2.75) is 50.4 Å². The van der Waals surface area contributed by atoms with E-state index in [1.54, 1.807) is 0 Å². The van der Waals surface area contributed by atoms with Crippen molar-refractivity contribution in [1.29, 1.82) is 0 Å². The van der Waals surface area contributed by atoms with E-state index in [9.17, 15) is 0 Å². The quantitative estimate of drug-likeness (QED) is 0.838. The fourth-order valence-electron chi connectivity index (χ4n) is 5.35. The van der Waals surface area contributed by atoms with E-state index in [0.29, 0.717) is 18.1 Å². The summed E-state index contributed by atoms with van der Waals surface area (Å²) in [6.45, 7) is 4.53. The van der Waals surface area contributed by atoms with E-state index in [4.69, 9.17) is 9.72 Å². The van der Waals surface area contributed by atoms with Crippen molar-refractivity contribution in [3.05, 3.63) is 64.5 Å². The average Bonchev–Trinajstić information content (AvgIpc) is 2.79. The highest BCUT2D eigenvalue weighted by atomic mass is 16.5. The number of aromatic nitrogens is 1. The number of aryl methyl sites for hydroxylation is 1. The van der Waals surface area contributed by atoms with E-state index in [0.717, 1.165) is 39.3 Å². The van der Waals surface area contributed by atoms with E-state index in [2.05, 4.69) is 52.9 Å². The van der Waals surface area contributed by atoms with Gasteiger partial charge in [-0.15, -0.1) is 0 Å². The van der Waals surface area contributed by atoms with Gasteiger partial charge < -0.3 is 15.4 Å². The lowest BCUT2D eigenvalue weighted by atomic mass is 9.87. The van der Waals surface area contributed by atoms with Crippen LogP contribution in [0.5, 0.6) is 0 Å². The first-order valence-corrected chi connectivity index (χ1v) is 11.1. The molecule has 2 N–H and O–H groups in total. The minimum absolute atomic E-state index is 0.324. The topological polar surface area (TPSA) is 49.4 Å². The van der Waals surface area contributed by atoms with Crippen LogP contribution in [0.1, 0.15) is 52.9 Å². The summed E-state index contributed by atoms with van der Waals surface area (Å²) < 4.78 is 5.74. The second kappa shape index (κ2) is 8.52. The zero-order chi connectivity index (χ0) is 19.6. The van der Waals surface area contributed by atoms with E-state index < -0.39 is 0 Å². The fraction of sp³-hybridized carbons (Fsp3) is 0.542. The molecule has 1 aromatic heterocycles. The predicted molar refractivity (Wildman–Crippen MR) is 115 cm³/mol. The van der Waals surface area contributed by atoms with Crippen LogP contribution >= 0.6 is 0 Å². The van der Waals surface area contributed by atoms with Crippen molar-refractivity contribution in [3.63, 3.8) is 0 Å². The number of likely N-dealkylation sites (N-methyl/N-ethyl adjacent to an activating group) is 1. The lowest BCUT2D eigenvalue weighted by Crippen LogP contribution is -2.46. The van der Waals surface area contributed by atoms with Gasteiger partial charge in [-0.2, -0.15) is 0 Å². The Kier molecular flexibility index (Phi) is 5.64. The molecule has 154 valence electrons. The molecule has 1 fully saturated rings. The number of hydrogen-bond acceptors (Lipinski definition) is 5. The summed E-state index contributed by atoms with van der Waals surface area (Å²) >= 11 is 0. The third-order valence-electron chi connectivity index (χ3n) is 6.84. The molecule has 3 atom stereocenters. The Bertz CT molecular complexity index is 849. The highest BCUT2D eigenvalue weighted by molar-refractivity contribution is 5.40. The molecule has 5 rings (SSSR count). The second-order valence-corrected chi connectivity index (χ2v) is 8.74. The molecule has 3 aliphatic rings. The summed E-state index contributed by atoms with van der Waals surface area (Å²) in [7, 11) is 2.27. The van der Waals surface area contributed by atoms with Gasteiger partial charge in [0.2, 0.25) is 0 Å². The van der Waals surface area contributed by atoms with E-state index in [-0.39, 0.29) is 0 Å². The van der Waals surface area contributed by atoms with E-state index >= 15 is 0 Å². The van der Waals surface area contributed by atoms with Crippen LogP contribution in [0.4, 0.5) is 0 Å². The molecule has 0 bridgehead atoms. The summed E-state index contributed by atoms with van der Waals surface area (Å²) in [5.74, 6) is 0. The highest BCUT2D eigenvalue weighted by Gasteiger charge is 2.29. The van der Waals surface area contributed by atoms with Crippen molar-refractivity contribution in [2.24, 2.45) is 0 Å². The molecule has 5 heteroatoms. The summed E-state index contributed by atoms with van der Waals surface area (Å²) in [6, 6.07) is 12.3. The number of hydrogen-bond donors (Lipinski definition) is 2. The van der Waals surface area contributed by atoms with Crippen molar-refractivity contribution < 1.29 is 4.74 Å². The predicted octanol–water partition coefficient (Wildman–Crippen LogP) is 2.77. The zero-order valence-corrected chi connectivity index (χ0v) is 17.4. The van der Waals surface area contributed by atoms with Crippen molar-refractivity contribution in [2.75, 3.05) is 33.4 Å². The smallest absolute Gasteiger partial charge is 0.0662 e. The third kappa shape index (κ3) is 3.97. The maximum absolute atomic E-state index is 5.74. The van der Waals surface area contributed by atoms with Crippen molar-refractivity contribution in [1.82, 2.24) is 20.5 Å². The number of fused-ring (bicyclic) bond motifs is 2. The normalized spacial score (nSPS) is 26.8. The standard InChI is InChI=1S/C24H32N4O/c1-28(23-9-3-5-17-7-4-10-26-24(17)23)15-19-13-21-18(14-27-19)6-2-8-20(21)22-16-29-12-11-25-22/h2,4,6-8,10,19,22-23,25,27H,3,5,9,11-16H2,1H3/t19-,22?,23+/m1/s1. The van der Waals surface area contributed by atoms with Crippen LogP contribution in [0.2, 0.25) is 0 Å². The molecule has 0 spiro atoms. The lowest BCUT2D eigenvalue weighted by Gasteiger charge is -2.37. The van der Waals surface area contributed by atoms with Crippen LogP contribution in [0.15, 0.2) is 36.5 Å². The van der Waals surface area contributed by atoms with Gasteiger partial charge in [-0.3, -0.25) is 9.88 Å². The Morgan fingerprint density at radius 1 is 1.17 bits per heavy atom. The first-order chi connectivity index (χ1) is 14.3. The summed E-state index contributed by atoms with van der Waals surface area (Å²) in [5.41, 5.74) is 7.12. The van der Waals surface area contributed by atoms with Gasteiger partial charge in [-0.1, -0.05) is 24.3 Å². The molecule has 2 aliphatic heterocycles. The third-order valence-corrected chi connectivity index (χ3v) is 6.84. The Morgan fingerprint density at radius 2 is 2.10 bits per heavy atom. The van der Waals surface area contributed by atoms with Gasteiger partial charge in [0.05, 0.1) is 31.0 Å². The first kappa shape index (κ1) is 19.2. The summed E-state index contributed by atoms with van der Waals surface area (Å²) in [5, 5.41) is 7.43. The molecule has 0 saturated carbocycles. The van der Waals surface area contributed by atoms with Crippen LogP contribution in [0.25, 0.3) is 0 Å². The molecule has 1 saturated heterocycles. The molecule has 5 nitrogen and oxygen atoms in total. The number of benzene rings is 1. The first-order valence-electron chi connectivity index (χ1n) is 11.1. The van der Waals surface area contributed by atoms with Gasteiger partial charge in [-0.25, -0.2) is 0 Å². The summed E-state index contributed by atoms with van der Waals surface area (Å²) in [4.78, 5) is 7.27. The molecule has 0 amide bonds. The van der Waals surface area contributed by atoms with Crippen molar-refractivity contribution >= 4 is 0 Å². The lowest BCUT2D eigenvalue weighted by molar-refractivity contribution is 0.0764. The van der Waals surface area contributed by atoms with Crippen molar-refractivity contribution in [3.8, 4) is 0 Å². The molecule has 3 heterocycles. The average molecular weight is 393 g/mol. The monoisotopic (exact) mass is 392 g/mol. The maximum atomic E-state index is 5.74. The minimum atomic E-state index is 0.324. The van der Waals surface area contributed by atoms with Crippen LogP contribution in [0, 0.1) is 0 Å². The van der Waals surface area contributed by atoms with Gasteiger partial charge in [-0.05, 0) is 61.1 Å². The zero-order valence-electron chi connectivity index (χ0n) is 17.4. The van der Waals surface area contributed by atoms with Gasteiger partial charge >= 0.3 is 0 Å². The molecule has 29 heavy (non-hydrogen) atoms. The van der Waals surface area contributed by atoms with Gasteiger partial charge in [0.1, 0.15) is 0 Å². The molecule has 1 unspecified atom stereocenters. The van der Waals surface area contributed by atoms with E-state index in [1.807, 2.05) is 6.20 Å². The highest BCUT2D eigenvalue weighted by Crippen LogP contribution is 2.33. The maximum Gasteiger partial charge on any atom is 0.0662 e. The van der Waals surface area contributed by atoms with Crippen LogP contribution in [-0.2, 0) is 24.1 Å². The van der Waals surface area contributed by atoms with E-state index in [1.165, 1.54) is 47.2 Å². The Balaban J connectivity index is 1.31. The SMILES string of the molecule is CN(C[C@H]1Cc2c(cccc2C2COCCN2)CN1)[C@H]1CCCc2cccnc21. The summed E-state index contributed by atoms with van der Waals surface area (Å²) in [6.07, 6.45) is 6.66. The number of rotatable bonds is 4. The molecular weight excluding hydrogens is 360 g/mol. The van der Waals surface area contributed by atoms with Crippen LogP contribution < -0.4 is 10.6 Å². The molecule has 2 aromatic rings. The van der Waals surface area contributed by atoms with Crippen LogP contribution in [0.3, 0.4) is 0 Å². The van der Waals surface area contributed by atoms with Gasteiger partial charge in [0.15, 0.2) is 0 Å². The number of morpholine rings is 1.